The van der Waals surface area contributed by atoms with Gasteiger partial charge in [0.05, 0.1) is 24.7 Å². The van der Waals surface area contributed by atoms with Crippen molar-refractivity contribution in [2.75, 3.05) is 37.1 Å². The highest BCUT2D eigenvalue weighted by Gasteiger charge is 2.35. The van der Waals surface area contributed by atoms with E-state index >= 15 is 0 Å². The summed E-state index contributed by atoms with van der Waals surface area (Å²) in [6, 6.07) is 0. The lowest BCUT2D eigenvalue weighted by molar-refractivity contribution is -0.161. The minimum absolute atomic E-state index is 0.0645. The van der Waals surface area contributed by atoms with Crippen LogP contribution in [0.15, 0.2) is 34.9 Å². The lowest BCUT2D eigenvalue weighted by Gasteiger charge is -2.31. The Bertz CT molecular complexity index is 1370. The maximum absolute atomic E-state index is 12.8. The van der Waals surface area contributed by atoms with Gasteiger partial charge in [0.1, 0.15) is 38.1 Å². The number of ether oxygens (including phenoxy) is 6. The van der Waals surface area contributed by atoms with Crippen molar-refractivity contribution in [3.8, 4) is 0 Å². The first-order valence-electron chi connectivity index (χ1n) is 21.5. The fourth-order valence-electron chi connectivity index (χ4n) is 7.08. The van der Waals surface area contributed by atoms with Gasteiger partial charge in [0, 0.05) is 17.3 Å². The molecule has 0 amide bonds. The van der Waals surface area contributed by atoms with Crippen molar-refractivity contribution in [2.45, 2.75) is 150 Å². The Hall–Kier alpha value is -2.91. The summed E-state index contributed by atoms with van der Waals surface area (Å²) in [6.07, 6.45) is 14.5. The molecule has 0 aliphatic heterocycles. The molecule has 0 heterocycles. The molecule has 15 heteroatoms. The number of hydrogen-bond donors (Lipinski definition) is 0. The van der Waals surface area contributed by atoms with Gasteiger partial charge in [0.15, 0.2) is 0 Å². The van der Waals surface area contributed by atoms with Crippen LogP contribution in [0.4, 0.5) is 14.4 Å². The van der Waals surface area contributed by atoms with Crippen LogP contribution in [0.25, 0.3) is 0 Å². The molecule has 60 heavy (non-hydrogen) atoms. The summed E-state index contributed by atoms with van der Waals surface area (Å²) < 4.78 is 33.7. The molecule has 0 aromatic heterocycles. The van der Waals surface area contributed by atoms with Gasteiger partial charge < -0.3 is 28.4 Å². The highest BCUT2D eigenvalue weighted by Crippen LogP contribution is 2.31. The highest BCUT2D eigenvalue weighted by molar-refractivity contribution is 8.13. The van der Waals surface area contributed by atoms with Crippen molar-refractivity contribution in [3.05, 3.63) is 34.9 Å². The Morgan fingerprint density at radius 2 is 0.833 bits per heavy atom. The van der Waals surface area contributed by atoms with E-state index in [9.17, 15) is 28.8 Å². The third kappa shape index (κ3) is 19.9. The SMILES string of the molecule is CCC(COC(=O)CCSC(=O)OC(C)C1CC=C(C)CC1)(COC(=O)CCSC(=O)OC(C)C1CC=C(C)CC1)COC(=O)CCSC(=O)OC(C)C1CC=C(C)CC1. The van der Waals surface area contributed by atoms with E-state index in [-0.39, 0.29) is 92.4 Å². The van der Waals surface area contributed by atoms with Crippen LogP contribution < -0.4 is 0 Å². The molecule has 0 saturated heterocycles. The van der Waals surface area contributed by atoms with Gasteiger partial charge in [-0.15, -0.1) is 0 Å². The molecule has 0 fully saturated rings. The number of carbonyl (C=O) groups excluding carboxylic acids is 6. The van der Waals surface area contributed by atoms with E-state index in [2.05, 4.69) is 39.0 Å². The molecular formula is C45H68O12S3. The third-order valence-electron chi connectivity index (χ3n) is 11.8. The van der Waals surface area contributed by atoms with Gasteiger partial charge in [-0.25, -0.2) is 14.4 Å². The van der Waals surface area contributed by atoms with E-state index in [1.807, 2.05) is 20.8 Å². The van der Waals surface area contributed by atoms with E-state index in [1.165, 1.54) is 16.7 Å². The Morgan fingerprint density at radius 1 is 0.550 bits per heavy atom. The summed E-state index contributed by atoms with van der Waals surface area (Å²) in [7, 11) is 0. The topological polar surface area (TPSA) is 158 Å². The van der Waals surface area contributed by atoms with Gasteiger partial charge in [0.25, 0.3) is 0 Å². The zero-order valence-electron chi connectivity index (χ0n) is 36.8. The smallest absolute Gasteiger partial charge is 0.367 e. The van der Waals surface area contributed by atoms with Crippen molar-refractivity contribution in [3.63, 3.8) is 0 Å². The summed E-state index contributed by atoms with van der Waals surface area (Å²) >= 11 is 2.74. The summed E-state index contributed by atoms with van der Waals surface area (Å²) in [4.78, 5) is 76.0. The number of esters is 3. The first kappa shape index (κ1) is 51.4. The number of hydrogen-bond acceptors (Lipinski definition) is 15. The van der Waals surface area contributed by atoms with Crippen LogP contribution in [0.2, 0.25) is 0 Å². The lowest BCUT2D eigenvalue weighted by atomic mass is 9.87. The largest absolute Gasteiger partial charge is 0.465 e. The van der Waals surface area contributed by atoms with Crippen LogP contribution in [0.5, 0.6) is 0 Å². The second-order valence-corrected chi connectivity index (χ2v) is 19.7. The molecule has 6 atom stereocenters. The fourth-order valence-corrected chi connectivity index (χ4v) is 9.05. The molecule has 0 bridgehead atoms. The number of carbonyl (C=O) groups is 6. The van der Waals surface area contributed by atoms with Crippen LogP contribution in [0, 0.1) is 23.2 Å². The van der Waals surface area contributed by atoms with Crippen molar-refractivity contribution >= 4 is 69.1 Å². The van der Waals surface area contributed by atoms with E-state index < -0.39 is 39.2 Å². The Kier molecular flexibility index (Phi) is 23.3. The second kappa shape index (κ2) is 27.2. The summed E-state index contributed by atoms with van der Waals surface area (Å²) in [6.45, 7) is 13.2. The molecule has 3 rings (SSSR count). The molecule has 6 unspecified atom stereocenters. The second-order valence-electron chi connectivity index (χ2n) is 16.6. The van der Waals surface area contributed by atoms with Gasteiger partial charge in [-0.1, -0.05) is 41.9 Å². The fraction of sp³-hybridized carbons (Fsp3) is 0.733. The molecule has 0 spiro atoms. The van der Waals surface area contributed by atoms with Crippen LogP contribution in [-0.4, -0.2) is 89.2 Å². The summed E-state index contributed by atoms with van der Waals surface area (Å²) in [5.41, 5.74) is 2.98. The first-order chi connectivity index (χ1) is 28.6. The maximum Gasteiger partial charge on any atom is 0.367 e. The third-order valence-corrected chi connectivity index (χ3v) is 14.0. The average Bonchev–Trinajstić information content (AvgIpc) is 3.21. The summed E-state index contributed by atoms with van der Waals surface area (Å²) in [5, 5.41) is -1.34. The number of allylic oxidation sites excluding steroid dienone is 6. The molecule has 12 nitrogen and oxygen atoms in total. The monoisotopic (exact) mass is 896 g/mol. The molecule has 0 saturated carbocycles. The quantitative estimate of drug-likeness (QED) is 0.0574. The van der Waals surface area contributed by atoms with Crippen LogP contribution in [-0.2, 0) is 42.8 Å². The van der Waals surface area contributed by atoms with Crippen LogP contribution in [0.3, 0.4) is 0 Å². The molecule has 0 radical (unpaired) electrons. The van der Waals surface area contributed by atoms with Crippen molar-refractivity contribution in [1.29, 1.82) is 0 Å². The van der Waals surface area contributed by atoms with E-state index in [4.69, 9.17) is 28.4 Å². The normalized spacial score (nSPS) is 21.6. The Balaban J connectivity index is 1.46. The molecule has 3 aliphatic carbocycles. The molecule has 3 aliphatic rings. The minimum Gasteiger partial charge on any atom is -0.465 e. The van der Waals surface area contributed by atoms with Crippen molar-refractivity contribution < 1.29 is 57.2 Å². The van der Waals surface area contributed by atoms with Gasteiger partial charge >= 0.3 is 33.8 Å². The standard InChI is InChI=1S/C45H68O12S3/c1-8-45(27-52-39(46)21-24-58-42(49)55-33(5)36-15-9-30(2)10-16-36,28-53-40(47)22-25-59-43(50)56-34(6)37-17-11-31(3)12-18-37)29-54-41(48)23-26-60-44(51)57-35(7)38-19-13-32(4)14-20-38/h9,11,13,33-38H,8,10,12,14-29H2,1-7H3. The maximum atomic E-state index is 12.8. The molecule has 0 aromatic carbocycles. The zero-order chi connectivity index (χ0) is 44.1. The number of thioether (sulfide) groups is 3. The highest BCUT2D eigenvalue weighted by atomic mass is 32.2. The van der Waals surface area contributed by atoms with Gasteiger partial charge in [-0.05, 0) is 159 Å². The zero-order valence-corrected chi connectivity index (χ0v) is 39.2. The average molecular weight is 897 g/mol. The Morgan fingerprint density at radius 3 is 1.07 bits per heavy atom. The lowest BCUT2D eigenvalue weighted by Crippen LogP contribution is -2.39. The minimum atomic E-state index is -1.07. The van der Waals surface area contributed by atoms with Gasteiger partial charge in [-0.2, -0.15) is 0 Å². The first-order valence-corrected chi connectivity index (χ1v) is 24.5. The van der Waals surface area contributed by atoms with Crippen LogP contribution >= 0.6 is 35.3 Å². The van der Waals surface area contributed by atoms with E-state index in [0.29, 0.717) is 6.42 Å². The van der Waals surface area contributed by atoms with Crippen molar-refractivity contribution in [2.24, 2.45) is 23.2 Å². The predicted molar refractivity (Wildman–Crippen MR) is 238 cm³/mol. The van der Waals surface area contributed by atoms with E-state index in [1.54, 1.807) is 6.92 Å². The predicted octanol–water partition coefficient (Wildman–Crippen LogP) is 11.2. The van der Waals surface area contributed by atoms with E-state index in [0.717, 1.165) is 93.1 Å². The van der Waals surface area contributed by atoms with Gasteiger partial charge in [0.2, 0.25) is 0 Å². The van der Waals surface area contributed by atoms with Crippen molar-refractivity contribution in [1.82, 2.24) is 0 Å². The van der Waals surface area contributed by atoms with Crippen LogP contribution in [0.1, 0.15) is 132 Å². The summed E-state index contributed by atoms with van der Waals surface area (Å²) in [5.74, 6) is -0.441. The molecule has 0 aromatic rings. The number of rotatable bonds is 22. The molecule has 0 N–H and O–H groups in total. The van der Waals surface area contributed by atoms with Gasteiger partial charge in [-0.3, -0.25) is 14.4 Å². The Labute approximate surface area is 370 Å². The molecule has 338 valence electrons. The molecular weight excluding hydrogens is 829 g/mol.